The number of hydrogen-bond donors (Lipinski definition) is 0. The molecule has 1 rings (SSSR count). The van der Waals surface area contributed by atoms with E-state index in [0.717, 1.165) is 38.7 Å². The fraction of sp³-hybridized carbons (Fsp3) is 0.905. The summed E-state index contributed by atoms with van der Waals surface area (Å²) in [4.78, 5) is 0. The highest BCUT2D eigenvalue weighted by Crippen LogP contribution is 2.42. The van der Waals surface area contributed by atoms with Gasteiger partial charge in [-0.1, -0.05) is 58.6 Å². The average Bonchev–Trinajstić information content (AvgIpc) is 2.62. The molecule has 0 spiro atoms. The van der Waals surface area contributed by atoms with Crippen molar-refractivity contribution in [3.63, 3.8) is 0 Å². The van der Waals surface area contributed by atoms with E-state index < -0.39 is 8.56 Å². The first-order valence-corrected chi connectivity index (χ1v) is 12.7. The molecule has 0 bridgehead atoms. The molecular weight excluding hydrogens is 328 g/mol. The fourth-order valence-electron chi connectivity index (χ4n) is 3.71. The Kier molecular flexibility index (Phi) is 14.9. The molecule has 1 atom stereocenters. The molecule has 0 N–H and O–H groups in total. The lowest BCUT2D eigenvalue weighted by Gasteiger charge is -2.49. The monoisotopic (exact) mass is 372 g/mol. The normalized spacial score (nSPS) is 22.6. The second-order valence-corrected chi connectivity index (χ2v) is 10.1. The molecule has 150 valence electrons. The molecule has 1 fully saturated rings. The molecule has 3 nitrogen and oxygen atoms in total. The summed E-state index contributed by atoms with van der Waals surface area (Å²) in [6.45, 7) is 15.0. The zero-order valence-corrected chi connectivity index (χ0v) is 18.9. The van der Waals surface area contributed by atoms with E-state index in [1.165, 1.54) is 38.5 Å². The second kappa shape index (κ2) is 14.9. The first kappa shape index (κ1) is 24.8. The molecule has 1 saturated heterocycles. The van der Waals surface area contributed by atoms with Gasteiger partial charge in [-0.15, -0.1) is 0 Å². The highest BCUT2D eigenvalue weighted by Gasteiger charge is 2.58. The first-order valence-electron chi connectivity index (χ1n) is 10.7. The van der Waals surface area contributed by atoms with Gasteiger partial charge in [0, 0.05) is 19.8 Å². The van der Waals surface area contributed by atoms with Gasteiger partial charge >= 0.3 is 8.56 Å². The number of hydrogen-bond acceptors (Lipinski definition) is 3. The molecular formula is C21H44O3Si. The Bertz CT molecular complexity index is 318. The van der Waals surface area contributed by atoms with E-state index in [2.05, 4.69) is 53.7 Å². The Hall–Kier alpha value is -0.163. The van der Waals surface area contributed by atoms with Crippen LogP contribution in [0.25, 0.3) is 0 Å². The van der Waals surface area contributed by atoms with Crippen molar-refractivity contribution in [3.8, 4) is 0 Å². The Labute approximate surface area is 158 Å². The van der Waals surface area contributed by atoms with Gasteiger partial charge in [0.25, 0.3) is 0 Å². The van der Waals surface area contributed by atoms with Gasteiger partial charge in [0.2, 0.25) is 0 Å². The van der Waals surface area contributed by atoms with Crippen LogP contribution in [0, 0.1) is 0 Å². The third-order valence-corrected chi connectivity index (χ3v) is 9.56. The maximum Gasteiger partial charge on any atom is 0.371 e. The smallest absolute Gasteiger partial charge is 0.371 e. The fourth-order valence-corrected chi connectivity index (χ4v) is 8.18. The molecule has 25 heavy (non-hydrogen) atoms. The highest BCUT2D eigenvalue weighted by molar-refractivity contribution is 6.70. The standard InChI is InChI=1S/C13H28O3Si.C8H16/c1-5-13(14-6-2)11-9-10-12-17(13,15-7-3)16-8-4;1-3-5-7-8-6-4-2/h5-12H2,1-4H3;5,7H,3-4,6,8H2,1-2H3. The van der Waals surface area contributed by atoms with E-state index in [0.29, 0.717) is 0 Å². The third-order valence-electron chi connectivity index (χ3n) is 4.90. The molecule has 0 saturated carbocycles. The van der Waals surface area contributed by atoms with Gasteiger partial charge in [-0.2, -0.15) is 0 Å². The topological polar surface area (TPSA) is 27.7 Å². The number of unbranched alkanes of at least 4 members (excludes halogenated alkanes) is 2. The number of ether oxygens (including phenoxy) is 1. The van der Waals surface area contributed by atoms with Crippen LogP contribution in [-0.4, -0.2) is 33.6 Å². The quantitative estimate of drug-likeness (QED) is 0.234. The van der Waals surface area contributed by atoms with Gasteiger partial charge in [0.15, 0.2) is 0 Å². The molecule has 0 radical (unpaired) electrons. The maximum absolute atomic E-state index is 6.16. The lowest BCUT2D eigenvalue weighted by Crippen LogP contribution is -2.65. The number of allylic oxidation sites excluding steroid dienone is 2. The molecule has 1 unspecified atom stereocenters. The van der Waals surface area contributed by atoms with Crippen LogP contribution in [0.4, 0.5) is 0 Å². The van der Waals surface area contributed by atoms with E-state index in [4.69, 9.17) is 13.6 Å². The molecule has 1 aliphatic rings. The predicted octanol–water partition coefficient (Wildman–Crippen LogP) is 6.55. The van der Waals surface area contributed by atoms with Gasteiger partial charge in [0.1, 0.15) is 5.22 Å². The molecule has 1 heterocycles. The average molecular weight is 373 g/mol. The SMILES string of the molecule is CCC=CCCCC.CCOC1(CC)CCCC[Si]1(OCC)OCC. The van der Waals surface area contributed by atoms with Crippen LogP contribution >= 0.6 is 0 Å². The molecule has 0 aromatic heterocycles. The van der Waals surface area contributed by atoms with Crippen molar-refractivity contribution in [2.24, 2.45) is 0 Å². The second-order valence-electron chi connectivity index (χ2n) is 6.63. The van der Waals surface area contributed by atoms with Gasteiger partial charge in [-0.25, -0.2) is 0 Å². The minimum absolute atomic E-state index is 0.119. The van der Waals surface area contributed by atoms with Crippen molar-refractivity contribution in [2.75, 3.05) is 19.8 Å². The van der Waals surface area contributed by atoms with Crippen LogP contribution in [0.5, 0.6) is 0 Å². The highest BCUT2D eigenvalue weighted by atomic mass is 28.4. The first-order chi connectivity index (χ1) is 12.1. The van der Waals surface area contributed by atoms with Crippen molar-refractivity contribution in [3.05, 3.63) is 12.2 Å². The van der Waals surface area contributed by atoms with Crippen molar-refractivity contribution in [1.29, 1.82) is 0 Å². The third kappa shape index (κ3) is 7.94. The summed E-state index contributed by atoms with van der Waals surface area (Å²) in [5.74, 6) is 0. The van der Waals surface area contributed by atoms with Crippen LogP contribution < -0.4 is 0 Å². The van der Waals surface area contributed by atoms with E-state index >= 15 is 0 Å². The molecule has 1 aliphatic heterocycles. The molecule has 0 aliphatic carbocycles. The van der Waals surface area contributed by atoms with Crippen molar-refractivity contribution >= 4 is 8.56 Å². The van der Waals surface area contributed by atoms with Gasteiger partial charge < -0.3 is 13.6 Å². The summed E-state index contributed by atoms with van der Waals surface area (Å²) in [6, 6.07) is 1.09. The van der Waals surface area contributed by atoms with E-state index in [1.54, 1.807) is 0 Å². The van der Waals surface area contributed by atoms with E-state index in [1.807, 2.05) is 0 Å². The Balaban J connectivity index is 0.000000609. The minimum Gasteiger partial charge on any atom is -0.393 e. The zero-order valence-electron chi connectivity index (χ0n) is 17.9. The summed E-state index contributed by atoms with van der Waals surface area (Å²) < 4.78 is 18.5. The molecule has 0 amide bonds. The Morgan fingerprint density at radius 2 is 1.56 bits per heavy atom. The number of rotatable bonds is 11. The van der Waals surface area contributed by atoms with Gasteiger partial charge in [-0.05, 0) is 52.5 Å². The van der Waals surface area contributed by atoms with Crippen LogP contribution in [-0.2, 0) is 13.6 Å². The largest absolute Gasteiger partial charge is 0.393 e. The predicted molar refractivity (Wildman–Crippen MR) is 111 cm³/mol. The Morgan fingerprint density at radius 3 is 2.04 bits per heavy atom. The van der Waals surface area contributed by atoms with E-state index in [-0.39, 0.29) is 5.22 Å². The zero-order chi connectivity index (χ0) is 19.0. The van der Waals surface area contributed by atoms with Crippen LogP contribution in [0.2, 0.25) is 6.04 Å². The van der Waals surface area contributed by atoms with E-state index in [9.17, 15) is 0 Å². The summed E-state index contributed by atoms with van der Waals surface area (Å²) in [6.07, 6.45) is 14.2. The van der Waals surface area contributed by atoms with Gasteiger partial charge in [-0.3, -0.25) is 0 Å². The summed E-state index contributed by atoms with van der Waals surface area (Å²) >= 11 is 0. The molecule has 4 heteroatoms. The lowest BCUT2D eigenvalue weighted by atomic mass is 10.1. The summed E-state index contributed by atoms with van der Waals surface area (Å²) in [7, 11) is -2.21. The Morgan fingerprint density at radius 1 is 0.880 bits per heavy atom. The maximum atomic E-state index is 6.16. The van der Waals surface area contributed by atoms with Crippen molar-refractivity contribution in [1.82, 2.24) is 0 Å². The van der Waals surface area contributed by atoms with Crippen molar-refractivity contribution in [2.45, 2.75) is 104 Å². The van der Waals surface area contributed by atoms with Crippen LogP contribution in [0.3, 0.4) is 0 Å². The van der Waals surface area contributed by atoms with Crippen molar-refractivity contribution < 1.29 is 13.6 Å². The lowest BCUT2D eigenvalue weighted by molar-refractivity contribution is -0.0426. The van der Waals surface area contributed by atoms with Crippen LogP contribution in [0.1, 0.15) is 92.9 Å². The van der Waals surface area contributed by atoms with Gasteiger partial charge in [0.05, 0.1) is 0 Å². The minimum atomic E-state index is -2.21. The molecule has 0 aromatic rings. The summed E-state index contributed by atoms with van der Waals surface area (Å²) in [5, 5.41) is -0.119. The van der Waals surface area contributed by atoms with Crippen LogP contribution in [0.15, 0.2) is 12.2 Å². The summed E-state index contributed by atoms with van der Waals surface area (Å²) in [5.41, 5.74) is 0. The molecule has 0 aromatic carbocycles.